The van der Waals surface area contributed by atoms with Gasteiger partial charge in [0.2, 0.25) is 0 Å². The van der Waals surface area contributed by atoms with E-state index in [0.29, 0.717) is 11.5 Å². The van der Waals surface area contributed by atoms with Crippen LogP contribution in [0.3, 0.4) is 0 Å². The molecule has 0 unspecified atom stereocenters. The lowest BCUT2D eigenvalue weighted by Crippen LogP contribution is -2.27. The van der Waals surface area contributed by atoms with Crippen LogP contribution in [0.15, 0.2) is 34.3 Å². The summed E-state index contributed by atoms with van der Waals surface area (Å²) >= 11 is 0. The van der Waals surface area contributed by atoms with E-state index in [1.54, 1.807) is 6.21 Å². The normalized spacial score (nSPS) is 20.1. The molecule has 2 N–H and O–H groups in total. The number of hydrogen-bond acceptors (Lipinski definition) is 4. The zero-order chi connectivity index (χ0) is 22.8. The van der Waals surface area contributed by atoms with Crippen LogP contribution in [0, 0.1) is 20.8 Å². The molecule has 2 aromatic carbocycles. The molecule has 4 nitrogen and oxygen atoms in total. The molecule has 0 aromatic heterocycles. The molecule has 0 bridgehead atoms. The van der Waals surface area contributed by atoms with Gasteiger partial charge in [0.15, 0.2) is 0 Å². The molecule has 2 aromatic rings. The highest BCUT2D eigenvalue weighted by molar-refractivity contribution is 5.85. The van der Waals surface area contributed by atoms with Crippen LogP contribution < -0.4 is 0 Å². The van der Waals surface area contributed by atoms with E-state index in [0.717, 1.165) is 53.5 Å². The van der Waals surface area contributed by atoms with Crippen LogP contribution in [0.1, 0.15) is 79.8 Å². The molecule has 2 atom stereocenters. The first-order valence-electron chi connectivity index (χ1n) is 11.3. The van der Waals surface area contributed by atoms with E-state index in [1.807, 2.05) is 45.2 Å². The van der Waals surface area contributed by atoms with Gasteiger partial charge in [0, 0.05) is 23.6 Å². The summed E-state index contributed by atoms with van der Waals surface area (Å²) in [7, 11) is 0. The number of nitrogens with zero attached hydrogens (tertiary/aromatic N) is 2. The second-order valence-corrected chi connectivity index (χ2v) is 9.98. The fraction of sp³-hybridized carbons (Fsp3) is 0.481. The second-order valence-electron chi connectivity index (χ2n) is 9.98. The van der Waals surface area contributed by atoms with Crippen LogP contribution >= 0.6 is 0 Å². The smallest absolute Gasteiger partial charge is 0.127 e. The maximum Gasteiger partial charge on any atom is 0.127 e. The monoisotopic (exact) mass is 420 g/mol. The predicted molar refractivity (Wildman–Crippen MR) is 130 cm³/mol. The third-order valence-electron chi connectivity index (χ3n) is 6.17. The number of aryl methyl sites for hydroxylation is 3. The fourth-order valence-corrected chi connectivity index (χ4v) is 4.22. The molecule has 1 saturated carbocycles. The van der Waals surface area contributed by atoms with Gasteiger partial charge in [-0.1, -0.05) is 45.7 Å². The van der Waals surface area contributed by atoms with Crippen LogP contribution in [-0.4, -0.2) is 34.7 Å². The van der Waals surface area contributed by atoms with Crippen molar-refractivity contribution in [3.8, 4) is 11.5 Å². The molecule has 1 aliphatic carbocycles. The molecular weight excluding hydrogens is 384 g/mol. The number of aliphatic imine (C=N–C) groups is 2. The van der Waals surface area contributed by atoms with Crippen molar-refractivity contribution in [2.24, 2.45) is 9.98 Å². The molecule has 31 heavy (non-hydrogen) atoms. The van der Waals surface area contributed by atoms with Crippen molar-refractivity contribution in [3.05, 3.63) is 57.6 Å². The van der Waals surface area contributed by atoms with Gasteiger partial charge in [-0.3, -0.25) is 9.98 Å². The van der Waals surface area contributed by atoms with Crippen molar-refractivity contribution in [1.29, 1.82) is 0 Å². The maximum absolute atomic E-state index is 10.6. The topological polar surface area (TPSA) is 65.2 Å². The number of aromatic hydroxyl groups is 2. The summed E-state index contributed by atoms with van der Waals surface area (Å²) in [6.45, 7) is 12.4. The first-order chi connectivity index (χ1) is 14.6. The molecular formula is C27H36N2O2. The lowest BCUT2D eigenvalue weighted by molar-refractivity contribution is 0.390. The minimum Gasteiger partial charge on any atom is -0.507 e. The first kappa shape index (κ1) is 23.1. The Morgan fingerprint density at radius 1 is 0.774 bits per heavy atom. The Kier molecular flexibility index (Phi) is 6.88. The van der Waals surface area contributed by atoms with Gasteiger partial charge in [-0.25, -0.2) is 0 Å². The SMILES string of the molecule is Cc1cc(C)c(O)c(/C=N/[C@@H]2CCCC[C@H]2/N=C/c2cc(C(C)(C)C)cc(C)c2O)c1. The average Bonchev–Trinajstić information content (AvgIpc) is 2.70. The van der Waals surface area contributed by atoms with Crippen LogP contribution in [0.5, 0.6) is 11.5 Å². The molecule has 166 valence electrons. The van der Waals surface area contributed by atoms with Gasteiger partial charge in [0.05, 0.1) is 12.1 Å². The number of rotatable bonds is 4. The molecule has 1 aliphatic rings. The van der Waals surface area contributed by atoms with Gasteiger partial charge >= 0.3 is 0 Å². The van der Waals surface area contributed by atoms with Crippen LogP contribution in [0.2, 0.25) is 0 Å². The summed E-state index contributed by atoms with van der Waals surface area (Å²) in [6.07, 6.45) is 7.86. The first-order valence-corrected chi connectivity index (χ1v) is 11.3. The van der Waals surface area contributed by atoms with Gasteiger partial charge in [0.1, 0.15) is 11.5 Å². The highest BCUT2D eigenvalue weighted by Gasteiger charge is 2.24. The third-order valence-corrected chi connectivity index (χ3v) is 6.17. The lowest BCUT2D eigenvalue weighted by Gasteiger charge is -2.26. The summed E-state index contributed by atoms with van der Waals surface area (Å²) < 4.78 is 0. The van der Waals surface area contributed by atoms with Crippen molar-refractivity contribution in [3.63, 3.8) is 0 Å². The molecule has 0 saturated heterocycles. The van der Waals surface area contributed by atoms with Gasteiger partial charge in [-0.2, -0.15) is 0 Å². The summed E-state index contributed by atoms with van der Waals surface area (Å²) in [5.41, 5.74) is 5.57. The number of hydrogen-bond donors (Lipinski definition) is 2. The van der Waals surface area contributed by atoms with Crippen molar-refractivity contribution in [2.75, 3.05) is 0 Å². The Hall–Kier alpha value is -2.62. The summed E-state index contributed by atoms with van der Waals surface area (Å²) in [5, 5.41) is 20.9. The Bertz CT molecular complexity index is 999. The van der Waals surface area contributed by atoms with Gasteiger partial charge in [-0.05, 0) is 73.4 Å². The van der Waals surface area contributed by atoms with E-state index < -0.39 is 0 Å². The average molecular weight is 421 g/mol. The summed E-state index contributed by atoms with van der Waals surface area (Å²) in [4.78, 5) is 9.69. The lowest BCUT2D eigenvalue weighted by atomic mass is 9.85. The zero-order valence-electron chi connectivity index (χ0n) is 19.7. The summed E-state index contributed by atoms with van der Waals surface area (Å²) in [5.74, 6) is 0.595. The van der Waals surface area contributed by atoms with Gasteiger partial charge < -0.3 is 10.2 Å². The number of phenolic OH excluding ortho intramolecular Hbond substituents is 2. The van der Waals surface area contributed by atoms with E-state index in [-0.39, 0.29) is 17.5 Å². The highest BCUT2D eigenvalue weighted by atomic mass is 16.3. The Balaban J connectivity index is 1.85. The van der Waals surface area contributed by atoms with Crippen molar-refractivity contribution < 1.29 is 10.2 Å². The highest BCUT2D eigenvalue weighted by Crippen LogP contribution is 2.31. The minimum atomic E-state index is 0.00661. The largest absolute Gasteiger partial charge is 0.507 e. The maximum atomic E-state index is 10.6. The molecule has 0 aliphatic heterocycles. The molecule has 0 radical (unpaired) electrons. The summed E-state index contributed by atoms with van der Waals surface area (Å²) in [6, 6.07) is 8.19. The van der Waals surface area contributed by atoms with Crippen LogP contribution in [-0.2, 0) is 5.41 Å². The molecule has 0 spiro atoms. The Morgan fingerprint density at radius 2 is 1.26 bits per heavy atom. The molecule has 4 heteroatoms. The molecule has 0 amide bonds. The Labute approximate surface area is 186 Å². The van der Waals surface area contributed by atoms with E-state index >= 15 is 0 Å². The predicted octanol–water partition coefficient (Wildman–Crippen LogP) is 6.17. The van der Waals surface area contributed by atoms with E-state index in [1.165, 1.54) is 5.56 Å². The Morgan fingerprint density at radius 3 is 1.77 bits per heavy atom. The zero-order valence-corrected chi connectivity index (χ0v) is 19.7. The van der Waals surface area contributed by atoms with Gasteiger partial charge in [-0.15, -0.1) is 0 Å². The minimum absolute atomic E-state index is 0.00661. The standard InChI is InChI=1S/C27H36N2O2/c1-17-11-18(2)25(30)20(12-17)15-28-23-9-7-8-10-24(23)29-16-21-14-22(27(4,5)6)13-19(3)26(21)31/h11-16,23-24,30-31H,7-10H2,1-6H3/b28-15+,29-16+/t23-,24-/m1/s1. The third kappa shape index (κ3) is 5.55. The van der Waals surface area contributed by atoms with E-state index in [2.05, 4.69) is 26.8 Å². The quantitative estimate of drug-likeness (QED) is 0.581. The van der Waals surface area contributed by atoms with E-state index in [9.17, 15) is 10.2 Å². The van der Waals surface area contributed by atoms with E-state index in [4.69, 9.17) is 9.98 Å². The van der Waals surface area contributed by atoms with Crippen molar-refractivity contribution in [2.45, 2.75) is 84.7 Å². The molecule has 1 fully saturated rings. The van der Waals surface area contributed by atoms with Gasteiger partial charge in [0.25, 0.3) is 0 Å². The van der Waals surface area contributed by atoms with Crippen LogP contribution in [0.25, 0.3) is 0 Å². The van der Waals surface area contributed by atoms with Crippen molar-refractivity contribution in [1.82, 2.24) is 0 Å². The van der Waals surface area contributed by atoms with Crippen molar-refractivity contribution >= 4 is 12.4 Å². The molecule has 3 rings (SSSR count). The molecule has 0 heterocycles. The number of benzene rings is 2. The number of phenols is 2. The van der Waals surface area contributed by atoms with Crippen LogP contribution in [0.4, 0.5) is 0 Å². The fourth-order valence-electron chi connectivity index (χ4n) is 4.22. The second kappa shape index (κ2) is 9.25.